The molecule has 4 heteroatoms. The van der Waals surface area contributed by atoms with E-state index in [-0.39, 0.29) is 17.9 Å². The number of para-hydroxylation sites is 1. The highest BCUT2D eigenvalue weighted by Gasteiger charge is 2.21. The Labute approximate surface area is 171 Å². The molecule has 0 radical (unpaired) electrons. The number of benzene rings is 1. The third-order valence-corrected chi connectivity index (χ3v) is 5.66. The van der Waals surface area contributed by atoms with E-state index in [9.17, 15) is 4.79 Å². The molecule has 0 aliphatic carbocycles. The molecule has 2 rings (SSSR count). The number of aromatic nitrogens is 1. The van der Waals surface area contributed by atoms with Gasteiger partial charge in [-0.15, -0.1) is 0 Å². The van der Waals surface area contributed by atoms with Crippen molar-refractivity contribution >= 4 is 16.8 Å². The average Bonchev–Trinajstić information content (AvgIpc) is 3.08. The van der Waals surface area contributed by atoms with E-state index < -0.39 is 0 Å². The Kier molecular flexibility index (Phi) is 9.04. The van der Waals surface area contributed by atoms with E-state index in [0.29, 0.717) is 12.3 Å². The van der Waals surface area contributed by atoms with Gasteiger partial charge < -0.3 is 15.2 Å². The van der Waals surface area contributed by atoms with Gasteiger partial charge in [0, 0.05) is 29.6 Å². The zero-order valence-electron chi connectivity index (χ0n) is 18.4. The monoisotopic (exact) mass is 385 g/mol. The summed E-state index contributed by atoms with van der Waals surface area (Å²) in [7, 11) is 0. The Morgan fingerprint density at radius 2 is 1.86 bits per heavy atom. The lowest BCUT2D eigenvalue weighted by Crippen LogP contribution is -2.34. The molecule has 1 aromatic heterocycles. The molecule has 0 saturated heterocycles. The second-order valence-electron chi connectivity index (χ2n) is 8.46. The lowest BCUT2D eigenvalue weighted by atomic mass is 9.87. The number of rotatable bonds is 12. The van der Waals surface area contributed by atoms with E-state index in [1.165, 1.54) is 10.9 Å². The van der Waals surface area contributed by atoms with Crippen LogP contribution in [0.25, 0.3) is 10.9 Å². The highest BCUT2D eigenvalue weighted by Crippen LogP contribution is 2.32. The van der Waals surface area contributed by atoms with Crippen molar-refractivity contribution in [3.05, 3.63) is 36.0 Å². The van der Waals surface area contributed by atoms with Gasteiger partial charge in [-0.1, -0.05) is 45.9 Å². The molecule has 0 fully saturated rings. The van der Waals surface area contributed by atoms with Gasteiger partial charge in [0.15, 0.2) is 0 Å². The number of carbonyl (C=O) groups excluding carboxylic acids is 1. The summed E-state index contributed by atoms with van der Waals surface area (Å²) < 4.78 is 0. The Morgan fingerprint density at radius 3 is 2.54 bits per heavy atom. The predicted molar refractivity (Wildman–Crippen MR) is 120 cm³/mol. The van der Waals surface area contributed by atoms with E-state index in [1.54, 1.807) is 0 Å². The zero-order valence-corrected chi connectivity index (χ0v) is 18.4. The Bertz CT molecular complexity index is 717. The number of nitrogens with one attached hydrogen (secondary N) is 2. The maximum absolute atomic E-state index is 12.8. The van der Waals surface area contributed by atoms with Crippen molar-refractivity contribution in [2.24, 2.45) is 5.92 Å². The molecule has 0 spiro atoms. The molecule has 4 nitrogen and oxygen atoms in total. The minimum atomic E-state index is 0.172. The third-order valence-electron chi connectivity index (χ3n) is 5.66. The Balaban J connectivity index is 1.94. The van der Waals surface area contributed by atoms with Crippen molar-refractivity contribution in [2.75, 3.05) is 19.6 Å². The lowest BCUT2D eigenvalue weighted by molar-refractivity contribution is -0.122. The zero-order chi connectivity index (χ0) is 20.5. The van der Waals surface area contributed by atoms with Gasteiger partial charge in [0.2, 0.25) is 5.91 Å². The summed E-state index contributed by atoms with van der Waals surface area (Å²) in [5, 5.41) is 4.48. The first-order chi connectivity index (χ1) is 13.4. The number of hydrogen-bond acceptors (Lipinski definition) is 2. The molecular weight excluding hydrogens is 346 g/mol. The van der Waals surface area contributed by atoms with E-state index >= 15 is 0 Å². The summed E-state index contributed by atoms with van der Waals surface area (Å²) in [4.78, 5) is 18.6. The molecule has 2 atom stereocenters. The van der Waals surface area contributed by atoms with Gasteiger partial charge in [-0.25, -0.2) is 0 Å². The number of aromatic amines is 1. The summed E-state index contributed by atoms with van der Waals surface area (Å²) >= 11 is 0. The van der Waals surface area contributed by atoms with Gasteiger partial charge in [0.25, 0.3) is 0 Å². The minimum absolute atomic E-state index is 0.172. The van der Waals surface area contributed by atoms with Crippen LogP contribution in [0.3, 0.4) is 0 Å². The fraction of sp³-hybridized carbons (Fsp3) is 0.625. The minimum Gasteiger partial charge on any atom is -0.361 e. The van der Waals surface area contributed by atoms with Crippen LogP contribution >= 0.6 is 0 Å². The molecular formula is C24H39N3O. The Hall–Kier alpha value is -1.81. The summed E-state index contributed by atoms with van der Waals surface area (Å²) in [6, 6.07) is 8.60. The maximum Gasteiger partial charge on any atom is 0.220 e. The Morgan fingerprint density at radius 1 is 1.14 bits per heavy atom. The van der Waals surface area contributed by atoms with Crippen LogP contribution in [-0.2, 0) is 4.79 Å². The van der Waals surface area contributed by atoms with E-state index in [2.05, 4.69) is 74.2 Å². The summed E-state index contributed by atoms with van der Waals surface area (Å²) in [5.41, 5.74) is 2.42. The van der Waals surface area contributed by atoms with Crippen molar-refractivity contribution < 1.29 is 4.79 Å². The second-order valence-corrected chi connectivity index (χ2v) is 8.46. The van der Waals surface area contributed by atoms with Crippen molar-refractivity contribution in [3.8, 4) is 0 Å². The molecule has 0 saturated carbocycles. The molecule has 2 aromatic rings. The second kappa shape index (κ2) is 11.3. The van der Waals surface area contributed by atoms with Crippen molar-refractivity contribution in [2.45, 2.75) is 72.3 Å². The highest BCUT2D eigenvalue weighted by atomic mass is 16.1. The van der Waals surface area contributed by atoms with Crippen LogP contribution in [0, 0.1) is 5.92 Å². The van der Waals surface area contributed by atoms with Gasteiger partial charge in [-0.2, -0.15) is 0 Å². The number of fused-ring (bicyclic) bond motifs is 1. The van der Waals surface area contributed by atoms with E-state index in [1.807, 2.05) is 6.07 Å². The molecule has 1 heterocycles. The molecule has 0 aliphatic heterocycles. The highest BCUT2D eigenvalue weighted by molar-refractivity contribution is 5.85. The van der Waals surface area contributed by atoms with Crippen LogP contribution < -0.4 is 5.32 Å². The number of amides is 1. The number of H-pyrrole nitrogens is 1. The third kappa shape index (κ3) is 6.66. The molecule has 0 unspecified atom stereocenters. The number of carbonyl (C=O) groups is 1. The fourth-order valence-electron chi connectivity index (χ4n) is 4.11. The normalized spacial score (nSPS) is 14.0. The van der Waals surface area contributed by atoms with Gasteiger partial charge in [-0.05, 0) is 69.3 Å². The smallest absolute Gasteiger partial charge is 0.220 e. The molecule has 1 amide bonds. The largest absolute Gasteiger partial charge is 0.361 e. The topological polar surface area (TPSA) is 48.1 Å². The average molecular weight is 386 g/mol. The SMILES string of the molecule is CCN(CC)CCC[C@@H](C)NC(=O)C[C@@H](CC(C)C)c1c[nH]c2ccccc12. The first-order valence-electron chi connectivity index (χ1n) is 11.0. The van der Waals surface area contributed by atoms with Gasteiger partial charge in [0.1, 0.15) is 0 Å². The quantitative estimate of drug-likeness (QED) is 0.520. The van der Waals surface area contributed by atoms with Crippen LogP contribution in [0.1, 0.15) is 71.8 Å². The van der Waals surface area contributed by atoms with Gasteiger partial charge in [0.05, 0.1) is 0 Å². The van der Waals surface area contributed by atoms with Crippen LogP contribution in [0.15, 0.2) is 30.5 Å². The standard InChI is InChI=1S/C24H39N3O/c1-6-27(7-2)14-10-11-19(5)26-24(28)16-20(15-18(3)4)22-17-25-23-13-9-8-12-21(22)23/h8-9,12-13,17-20,25H,6-7,10-11,14-16H2,1-5H3,(H,26,28)/t19-,20-/m1/s1. The molecule has 156 valence electrons. The first-order valence-corrected chi connectivity index (χ1v) is 11.0. The molecule has 0 bridgehead atoms. The van der Waals surface area contributed by atoms with Crippen molar-refractivity contribution in [1.82, 2.24) is 15.2 Å². The molecule has 28 heavy (non-hydrogen) atoms. The van der Waals surface area contributed by atoms with Crippen molar-refractivity contribution in [3.63, 3.8) is 0 Å². The maximum atomic E-state index is 12.8. The molecule has 0 aliphatic rings. The van der Waals surface area contributed by atoms with Crippen molar-refractivity contribution in [1.29, 1.82) is 0 Å². The lowest BCUT2D eigenvalue weighted by Gasteiger charge is -2.22. The van der Waals surface area contributed by atoms with Crippen LogP contribution in [0.4, 0.5) is 0 Å². The summed E-state index contributed by atoms with van der Waals surface area (Å²) in [6.45, 7) is 14.3. The van der Waals surface area contributed by atoms with Gasteiger partial charge in [-0.3, -0.25) is 4.79 Å². The summed E-state index contributed by atoms with van der Waals surface area (Å²) in [6.07, 6.45) is 5.83. The first kappa shape index (κ1) is 22.5. The van der Waals surface area contributed by atoms with E-state index in [4.69, 9.17) is 0 Å². The molecule has 2 N–H and O–H groups in total. The van der Waals surface area contributed by atoms with Crippen LogP contribution in [-0.4, -0.2) is 41.5 Å². The fourth-order valence-corrected chi connectivity index (χ4v) is 4.11. The summed E-state index contributed by atoms with van der Waals surface area (Å²) in [5.74, 6) is 0.975. The number of hydrogen-bond donors (Lipinski definition) is 2. The van der Waals surface area contributed by atoms with Gasteiger partial charge >= 0.3 is 0 Å². The van der Waals surface area contributed by atoms with E-state index in [0.717, 1.165) is 44.4 Å². The van der Waals surface area contributed by atoms with Crippen LogP contribution in [0.5, 0.6) is 0 Å². The number of nitrogens with zero attached hydrogens (tertiary/aromatic N) is 1. The molecule has 1 aromatic carbocycles. The predicted octanol–water partition coefficient (Wildman–Crippen LogP) is 5.31. The van der Waals surface area contributed by atoms with Crippen LogP contribution in [0.2, 0.25) is 0 Å².